The van der Waals surface area contributed by atoms with Crippen LogP contribution in [0.5, 0.6) is 0 Å². The van der Waals surface area contributed by atoms with Crippen LogP contribution in [0.1, 0.15) is 27.2 Å². The number of rotatable bonds is 8. The molecule has 2 aromatic rings. The van der Waals surface area contributed by atoms with Crippen LogP contribution in [0.2, 0.25) is 0 Å². The van der Waals surface area contributed by atoms with Gasteiger partial charge in [0.15, 0.2) is 0 Å². The van der Waals surface area contributed by atoms with Gasteiger partial charge in [-0.1, -0.05) is 6.07 Å². The number of nitrogens with two attached hydrogens (primary N) is 1. The summed E-state index contributed by atoms with van der Waals surface area (Å²) < 4.78 is 55.4. The average Bonchev–Trinajstić information content (AvgIpc) is 2.66. The third-order valence-electron chi connectivity index (χ3n) is 3.88. The summed E-state index contributed by atoms with van der Waals surface area (Å²) in [7, 11) is -8.01. The molecule has 0 fully saturated rings. The van der Waals surface area contributed by atoms with E-state index in [0.29, 0.717) is 5.69 Å². The number of primary sulfonamides is 1. The van der Waals surface area contributed by atoms with Crippen LogP contribution in [-0.2, 0) is 29.6 Å². The van der Waals surface area contributed by atoms with Crippen molar-refractivity contribution in [3.63, 3.8) is 0 Å². The molecule has 33 heavy (non-hydrogen) atoms. The molecule has 2 amide bonds. The van der Waals surface area contributed by atoms with E-state index in [4.69, 9.17) is 9.88 Å². The minimum atomic E-state index is -4.02. The lowest BCUT2D eigenvalue weighted by molar-refractivity contribution is -0.116. The lowest BCUT2D eigenvalue weighted by Gasteiger charge is -2.19. The van der Waals surface area contributed by atoms with Crippen LogP contribution in [0.25, 0.3) is 0 Å². The van der Waals surface area contributed by atoms with E-state index in [0.717, 1.165) is 6.07 Å². The molecule has 2 rings (SSSR count). The second-order valence-corrected chi connectivity index (χ2v) is 11.2. The molecule has 0 unspecified atom stereocenters. The van der Waals surface area contributed by atoms with Gasteiger partial charge < -0.3 is 15.4 Å². The molecular formula is C20H26N4O7S2. The Morgan fingerprint density at radius 1 is 0.939 bits per heavy atom. The van der Waals surface area contributed by atoms with Gasteiger partial charge in [0.1, 0.15) is 5.60 Å². The van der Waals surface area contributed by atoms with Crippen LogP contribution in [0, 0.1) is 0 Å². The highest BCUT2D eigenvalue weighted by molar-refractivity contribution is 7.92. The Morgan fingerprint density at radius 2 is 1.58 bits per heavy atom. The zero-order valence-electron chi connectivity index (χ0n) is 18.3. The van der Waals surface area contributed by atoms with Crippen molar-refractivity contribution in [1.82, 2.24) is 5.32 Å². The third kappa shape index (κ3) is 8.71. The van der Waals surface area contributed by atoms with E-state index in [9.17, 15) is 26.4 Å². The maximum Gasteiger partial charge on any atom is 0.407 e. The number of amides is 2. The number of carbonyl (C=O) groups is 2. The number of sulfonamides is 2. The molecule has 180 valence electrons. The Morgan fingerprint density at radius 3 is 2.15 bits per heavy atom. The van der Waals surface area contributed by atoms with Crippen molar-refractivity contribution in [3.8, 4) is 0 Å². The Kier molecular flexibility index (Phi) is 8.06. The summed E-state index contributed by atoms with van der Waals surface area (Å²) in [6.45, 7) is 5.23. The molecule has 0 aromatic heterocycles. The Labute approximate surface area is 192 Å². The lowest BCUT2D eigenvalue weighted by Crippen LogP contribution is -2.34. The summed E-state index contributed by atoms with van der Waals surface area (Å²) >= 11 is 0. The van der Waals surface area contributed by atoms with E-state index >= 15 is 0 Å². The number of hydrogen-bond donors (Lipinski definition) is 4. The number of benzene rings is 2. The van der Waals surface area contributed by atoms with Crippen molar-refractivity contribution in [2.24, 2.45) is 5.14 Å². The summed E-state index contributed by atoms with van der Waals surface area (Å²) in [6.07, 6.45) is -0.645. The van der Waals surface area contributed by atoms with Gasteiger partial charge in [-0.2, -0.15) is 0 Å². The Balaban J connectivity index is 1.95. The predicted molar refractivity (Wildman–Crippen MR) is 123 cm³/mol. The highest BCUT2D eigenvalue weighted by Crippen LogP contribution is 2.20. The number of anilines is 2. The second kappa shape index (κ2) is 10.2. The monoisotopic (exact) mass is 498 g/mol. The Hall–Kier alpha value is -3.16. The van der Waals surface area contributed by atoms with Gasteiger partial charge >= 0.3 is 6.09 Å². The smallest absolute Gasteiger partial charge is 0.407 e. The first-order valence-electron chi connectivity index (χ1n) is 9.68. The standard InChI is InChI=1S/C20H26N4O7S2/c1-20(2,3)31-19(26)22-12-11-18(25)23-14-7-9-16(10-8-14)33(29,30)24-15-5-4-6-17(13-15)32(21,27)28/h4-10,13,24H,11-12H2,1-3H3,(H,22,26)(H,23,25)(H2,21,27,28). The van der Waals surface area contributed by atoms with Crippen LogP contribution in [-0.4, -0.2) is 41.0 Å². The van der Waals surface area contributed by atoms with E-state index in [1.165, 1.54) is 42.5 Å². The van der Waals surface area contributed by atoms with E-state index in [1.807, 2.05) is 0 Å². The molecule has 0 spiro atoms. The minimum Gasteiger partial charge on any atom is -0.444 e. The molecule has 0 aliphatic heterocycles. The normalized spacial score (nSPS) is 12.0. The third-order valence-corrected chi connectivity index (χ3v) is 6.19. The molecule has 11 nitrogen and oxygen atoms in total. The maximum atomic E-state index is 12.6. The fourth-order valence-electron chi connectivity index (χ4n) is 2.48. The van der Waals surface area contributed by atoms with Crippen molar-refractivity contribution in [2.75, 3.05) is 16.6 Å². The molecule has 0 saturated heterocycles. The van der Waals surface area contributed by atoms with Gasteiger partial charge in [-0.3, -0.25) is 9.52 Å². The quantitative estimate of drug-likeness (QED) is 0.430. The molecule has 0 heterocycles. The van der Waals surface area contributed by atoms with Gasteiger partial charge in [-0.05, 0) is 63.2 Å². The highest BCUT2D eigenvalue weighted by atomic mass is 32.2. The van der Waals surface area contributed by atoms with Gasteiger partial charge in [-0.15, -0.1) is 0 Å². The number of ether oxygens (including phenoxy) is 1. The molecular weight excluding hydrogens is 472 g/mol. The van der Waals surface area contributed by atoms with E-state index in [2.05, 4.69) is 15.4 Å². The number of carbonyl (C=O) groups excluding carboxylic acids is 2. The summed E-state index contributed by atoms with van der Waals surface area (Å²) in [5.41, 5.74) is -0.266. The number of alkyl carbamates (subject to hydrolysis) is 1. The van der Waals surface area contributed by atoms with Crippen LogP contribution in [0.4, 0.5) is 16.2 Å². The maximum absolute atomic E-state index is 12.6. The fourth-order valence-corrected chi connectivity index (χ4v) is 4.09. The predicted octanol–water partition coefficient (Wildman–Crippen LogP) is 1.99. The molecule has 5 N–H and O–H groups in total. The summed E-state index contributed by atoms with van der Waals surface area (Å²) in [6, 6.07) is 10.4. The number of hydrogen-bond acceptors (Lipinski definition) is 7. The first-order valence-corrected chi connectivity index (χ1v) is 12.7. The van der Waals surface area contributed by atoms with E-state index in [1.54, 1.807) is 20.8 Å². The summed E-state index contributed by atoms with van der Waals surface area (Å²) in [4.78, 5) is 23.2. The van der Waals surface area contributed by atoms with Gasteiger partial charge in [0.25, 0.3) is 10.0 Å². The molecule has 0 radical (unpaired) electrons. The first-order chi connectivity index (χ1) is 15.2. The van der Waals surface area contributed by atoms with Gasteiger partial charge in [0, 0.05) is 18.7 Å². The molecule has 0 saturated carbocycles. The van der Waals surface area contributed by atoms with Crippen molar-refractivity contribution < 1.29 is 31.2 Å². The molecule has 0 aliphatic carbocycles. The largest absolute Gasteiger partial charge is 0.444 e. The van der Waals surface area contributed by atoms with Crippen LogP contribution >= 0.6 is 0 Å². The zero-order valence-corrected chi connectivity index (χ0v) is 19.9. The van der Waals surface area contributed by atoms with Crippen LogP contribution < -0.4 is 20.5 Å². The van der Waals surface area contributed by atoms with Crippen LogP contribution in [0.15, 0.2) is 58.3 Å². The van der Waals surface area contributed by atoms with E-state index < -0.39 is 31.7 Å². The molecule has 0 bridgehead atoms. The number of nitrogens with one attached hydrogen (secondary N) is 3. The lowest BCUT2D eigenvalue weighted by atomic mass is 10.2. The van der Waals surface area contributed by atoms with Crippen molar-refractivity contribution >= 4 is 43.4 Å². The summed E-state index contributed by atoms with van der Waals surface area (Å²) in [5, 5.41) is 10.1. The zero-order chi connectivity index (χ0) is 24.9. The summed E-state index contributed by atoms with van der Waals surface area (Å²) in [5.74, 6) is -0.389. The molecule has 13 heteroatoms. The van der Waals surface area contributed by atoms with Gasteiger partial charge in [-0.25, -0.2) is 26.8 Å². The first kappa shape index (κ1) is 26.1. The molecule has 2 aromatic carbocycles. The minimum absolute atomic E-state index is 0.0127. The van der Waals surface area contributed by atoms with Gasteiger partial charge in [0.2, 0.25) is 15.9 Å². The SMILES string of the molecule is CC(C)(C)OC(=O)NCCC(=O)Nc1ccc(S(=O)(=O)Nc2cccc(S(N)(=O)=O)c2)cc1. The van der Waals surface area contributed by atoms with Crippen molar-refractivity contribution in [1.29, 1.82) is 0 Å². The van der Waals surface area contributed by atoms with Gasteiger partial charge in [0.05, 0.1) is 15.5 Å². The highest BCUT2D eigenvalue weighted by Gasteiger charge is 2.17. The molecule has 0 aliphatic rings. The Bertz CT molecular complexity index is 1220. The van der Waals surface area contributed by atoms with Crippen molar-refractivity contribution in [3.05, 3.63) is 48.5 Å². The fraction of sp³-hybridized carbons (Fsp3) is 0.300. The second-order valence-electron chi connectivity index (χ2n) is 7.93. The van der Waals surface area contributed by atoms with Crippen LogP contribution in [0.3, 0.4) is 0 Å². The van der Waals surface area contributed by atoms with E-state index in [-0.39, 0.29) is 34.4 Å². The van der Waals surface area contributed by atoms with Crippen molar-refractivity contribution in [2.45, 2.75) is 42.6 Å². The average molecular weight is 499 g/mol. The topological polar surface area (TPSA) is 174 Å². The molecule has 0 atom stereocenters.